The molecule has 1 amide bonds. The van der Waals surface area contributed by atoms with E-state index in [2.05, 4.69) is 10.8 Å². The van der Waals surface area contributed by atoms with Gasteiger partial charge in [-0.05, 0) is 17.7 Å². The van der Waals surface area contributed by atoms with E-state index in [9.17, 15) is 4.79 Å². The van der Waals surface area contributed by atoms with Crippen molar-refractivity contribution >= 4 is 5.91 Å². The molecule has 74 valence electrons. The fourth-order valence-electron chi connectivity index (χ4n) is 1.22. The molecule has 0 saturated carbocycles. The Morgan fingerprint density at radius 3 is 2.64 bits per heavy atom. The summed E-state index contributed by atoms with van der Waals surface area (Å²) in [6.07, 6.45) is -0.353. The first-order chi connectivity index (χ1) is 6.75. The smallest absolute Gasteiger partial charge is 0.257 e. The minimum Gasteiger partial charge on any atom is -0.508 e. The molecule has 5 nitrogen and oxygen atoms in total. The van der Waals surface area contributed by atoms with Gasteiger partial charge >= 0.3 is 0 Å². The Labute approximate surface area is 80.6 Å². The van der Waals surface area contributed by atoms with Crippen LogP contribution in [0.3, 0.4) is 0 Å². The predicted octanol–water partition coefficient (Wildman–Crippen LogP) is 0.0418. The number of hydrogen-bond acceptors (Lipinski definition) is 4. The van der Waals surface area contributed by atoms with Crippen LogP contribution in [-0.4, -0.2) is 17.6 Å². The molecular formula is C9H10N2O3. The van der Waals surface area contributed by atoms with Crippen molar-refractivity contribution in [2.45, 2.75) is 6.23 Å². The van der Waals surface area contributed by atoms with E-state index in [4.69, 9.17) is 9.94 Å². The van der Waals surface area contributed by atoms with Gasteiger partial charge in [-0.2, -0.15) is 0 Å². The fraction of sp³-hybridized carbons (Fsp3) is 0.222. The maximum atomic E-state index is 10.8. The highest BCUT2D eigenvalue weighted by molar-refractivity contribution is 5.77. The Kier molecular flexibility index (Phi) is 2.34. The van der Waals surface area contributed by atoms with Crippen LogP contribution in [0.4, 0.5) is 0 Å². The first kappa shape index (κ1) is 8.98. The summed E-state index contributed by atoms with van der Waals surface area (Å²) in [7, 11) is 0. The Hall–Kier alpha value is -1.59. The summed E-state index contributed by atoms with van der Waals surface area (Å²) in [5.41, 5.74) is 3.13. The molecule has 1 heterocycles. The quantitative estimate of drug-likeness (QED) is 0.590. The summed E-state index contributed by atoms with van der Waals surface area (Å²) in [5.74, 6) is 0.00798. The van der Waals surface area contributed by atoms with Gasteiger partial charge in [-0.25, -0.2) is 10.3 Å². The van der Waals surface area contributed by atoms with Crippen molar-refractivity contribution in [3.63, 3.8) is 0 Å². The minimum atomic E-state index is -0.353. The summed E-state index contributed by atoms with van der Waals surface area (Å²) in [6, 6.07) is 6.59. The Morgan fingerprint density at radius 2 is 2.07 bits per heavy atom. The molecule has 0 bridgehead atoms. The van der Waals surface area contributed by atoms with Crippen molar-refractivity contribution in [2.75, 3.05) is 6.54 Å². The number of carbonyl (C=O) groups is 1. The van der Waals surface area contributed by atoms with Crippen LogP contribution < -0.4 is 10.8 Å². The Bertz CT molecular complexity index is 326. The topological polar surface area (TPSA) is 70.6 Å². The van der Waals surface area contributed by atoms with Crippen LogP contribution in [0, 0.1) is 0 Å². The SMILES string of the molecule is O=C1CNC(c2ccc(O)cc2)ON1. The Morgan fingerprint density at radius 1 is 1.36 bits per heavy atom. The van der Waals surface area contributed by atoms with Crippen LogP contribution >= 0.6 is 0 Å². The van der Waals surface area contributed by atoms with Gasteiger partial charge in [-0.3, -0.25) is 10.1 Å². The highest BCUT2D eigenvalue weighted by Gasteiger charge is 2.19. The van der Waals surface area contributed by atoms with Gasteiger partial charge in [0.2, 0.25) is 0 Å². The first-order valence-corrected chi connectivity index (χ1v) is 4.22. The zero-order valence-electron chi connectivity index (χ0n) is 7.36. The average Bonchev–Trinajstić information content (AvgIpc) is 2.21. The second kappa shape index (κ2) is 3.65. The van der Waals surface area contributed by atoms with Crippen molar-refractivity contribution in [2.24, 2.45) is 0 Å². The molecule has 1 aromatic rings. The number of amides is 1. The number of phenols is 1. The molecule has 2 rings (SSSR count). The van der Waals surface area contributed by atoms with E-state index < -0.39 is 0 Å². The van der Waals surface area contributed by atoms with E-state index in [0.29, 0.717) is 0 Å². The molecule has 0 spiro atoms. The number of nitrogens with one attached hydrogen (secondary N) is 2. The van der Waals surface area contributed by atoms with Crippen molar-refractivity contribution in [3.8, 4) is 5.75 Å². The third kappa shape index (κ3) is 1.84. The standard InChI is InChI=1S/C9H10N2O3/c12-7-3-1-6(2-4-7)9-10-5-8(13)11-14-9/h1-4,9-10,12H,5H2,(H,11,13). The van der Waals surface area contributed by atoms with E-state index in [1.807, 2.05) is 0 Å². The molecule has 0 aliphatic carbocycles. The zero-order valence-corrected chi connectivity index (χ0v) is 7.36. The molecule has 1 atom stereocenters. The fourth-order valence-corrected chi connectivity index (χ4v) is 1.22. The van der Waals surface area contributed by atoms with Crippen LogP contribution in [-0.2, 0) is 9.63 Å². The predicted molar refractivity (Wildman–Crippen MR) is 48.1 cm³/mol. The summed E-state index contributed by atoms with van der Waals surface area (Å²) >= 11 is 0. The van der Waals surface area contributed by atoms with E-state index in [0.717, 1.165) is 5.56 Å². The first-order valence-electron chi connectivity index (χ1n) is 4.22. The molecule has 1 aliphatic heterocycles. The number of aromatic hydroxyl groups is 1. The lowest BCUT2D eigenvalue weighted by Gasteiger charge is -2.23. The molecular weight excluding hydrogens is 184 g/mol. The number of hydrogen-bond donors (Lipinski definition) is 3. The number of hydroxylamine groups is 1. The molecule has 1 aromatic carbocycles. The van der Waals surface area contributed by atoms with Gasteiger partial charge in [0.15, 0.2) is 6.23 Å². The van der Waals surface area contributed by atoms with Crippen molar-refractivity contribution < 1.29 is 14.7 Å². The molecule has 1 aliphatic rings. The highest BCUT2D eigenvalue weighted by Crippen LogP contribution is 2.17. The highest BCUT2D eigenvalue weighted by atomic mass is 16.7. The number of rotatable bonds is 1. The van der Waals surface area contributed by atoms with Crippen LogP contribution in [0.2, 0.25) is 0 Å². The average molecular weight is 194 g/mol. The van der Waals surface area contributed by atoms with Gasteiger partial charge in [-0.1, -0.05) is 12.1 Å². The van der Waals surface area contributed by atoms with Crippen molar-refractivity contribution in [1.82, 2.24) is 10.8 Å². The second-order valence-corrected chi connectivity index (χ2v) is 3.00. The molecule has 1 unspecified atom stereocenters. The number of phenolic OH excluding ortho intramolecular Hbond substituents is 1. The lowest BCUT2D eigenvalue weighted by molar-refractivity contribution is -0.149. The normalized spacial score (nSPS) is 21.7. The van der Waals surface area contributed by atoms with E-state index >= 15 is 0 Å². The monoisotopic (exact) mass is 194 g/mol. The molecule has 5 heteroatoms. The Balaban J connectivity index is 2.08. The van der Waals surface area contributed by atoms with Gasteiger partial charge in [0.25, 0.3) is 5.91 Å². The summed E-state index contributed by atoms with van der Waals surface area (Å²) in [5, 5.41) is 12.0. The maximum Gasteiger partial charge on any atom is 0.257 e. The molecule has 14 heavy (non-hydrogen) atoms. The summed E-state index contributed by atoms with van der Waals surface area (Å²) in [4.78, 5) is 15.8. The molecule has 0 radical (unpaired) electrons. The number of benzene rings is 1. The van der Waals surface area contributed by atoms with Crippen molar-refractivity contribution in [1.29, 1.82) is 0 Å². The van der Waals surface area contributed by atoms with Crippen LogP contribution in [0.25, 0.3) is 0 Å². The van der Waals surface area contributed by atoms with Crippen LogP contribution in [0.15, 0.2) is 24.3 Å². The van der Waals surface area contributed by atoms with Gasteiger partial charge in [0.05, 0.1) is 6.54 Å². The van der Waals surface area contributed by atoms with Gasteiger partial charge in [0.1, 0.15) is 5.75 Å². The van der Waals surface area contributed by atoms with Gasteiger partial charge in [0, 0.05) is 0 Å². The molecule has 0 aromatic heterocycles. The largest absolute Gasteiger partial charge is 0.508 e. The van der Waals surface area contributed by atoms with Gasteiger partial charge < -0.3 is 5.11 Å². The molecule has 1 fully saturated rings. The van der Waals surface area contributed by atoms with E-state index in [-0.39, 0.29) is 24.4 Å². The molecule has 1 saturated heterocycles. The lowest BCUT2D eigenvalue weighted by Crippen LogP contribution is -2.45. The van der Waals surface area contributed by atoms with E-state index in [1.54, 1.807) is 24.3 Å². The third-order valence-electron chi connectivity index (χ3n) is 1.93. The molecule has 3 N–H and O–H groups in total. The second-order valence-electron chi connectivity index (χ2n) is 3.00. The van der Waals surface area contributed by atoms with Gasteiger partial charge in [-0.15, -0.1) is 0 Å². The minimum absolute atomic E-state index is 0.194. The zero-order chi connectivity index (χ0) is 9.97. The number of carbonyl (C=O) groups excluding carboxylic acids is 1. The summed E-state index contributed by atoms with van der Waals surface area (Å²) < 4.78 is 0. The maximum absolute atomic E-state index is 10.8. The van der Waals surface area contributed by atoms with E-state index in [1.165, 1.54) is 0 Å². The summed E-state index contributed by atoms with van der Waals surface area (Å²) in [6.45, 7) is 0.228. The lowest BCUT2D eigenvalue weighted by atomic mass is 10.2. The van der Waals surface area contributed by atoms with Crippen LogP contribution in [0.1, 0.15) is 11.8 Å². The van der Waals surface area contributed by atoms with Crippen LogP contribution in [0.5, 0.6) is 5.75 Å². The third-order valence-corrected chi connectivity index (χ3v) is 1.93. The van der Waals surface area contributed by atoms with Crippen molar-refractivity contribution in [3.05, 3.63) is 29.8 Å².